The van der Waals surface area contributed by atoms with E-state index in [-0.39, 0.29) is 5.91 Å². The summed E-state index contributed by atoms with van der Waals surface area (Å²) in [6.45, 7) is 0.611. The summed E-state index contributed by atoms with van der Waals surface area (Å²) in [4.78, 5) is 19.4. The highest BCUT2D eigenvalue weighted by Gasteiger charge is 2.05. The Labute approximate surface area is 97.4 Å². The quantitative estimate of drug-likeness (QED) is 0.871. The lowest BCUT2D eigenvalue weighted by Gasteiger charge is -2.02. The van der Waals surface area contributed by atoms with Crippen molar-refractivity contribution in [3.8, 4) is 0 Å². The van der Waals surface area contributed by atoms with E-state index in [9.17, 15) is 4.79 Å². The average molecular weight is 233 g/mol. The van der Waals surface area contributed by atoms with Crippen molar-refractivity contribution in [2.75, 3.05) is 6.54 Å². The Morgan fingerprint density at radius 1 is 1.38 bits per heavy atom. The van der Waals surface area contributed by atoms with E-state index in [1.165, 1.54) is 11.3 Å². The van der Waals surface area contributed by atoms with Crippen molar-refractivity contribution in [2.24, 2.45) is 0 Å². The van der Waals surface area contributed by atoms with Gasteiger partial charge < -0.3 is 5.32 Å². The Morgan fingerprint density at radius 3 is 2.88 bits per heavy atom. The predicted octanol–water partition coefficient (Wildman–Crippen LogP) is 1.51. The molecule has 5 heteroatoms. The van der Waals surface area contributed by atoms with Gasteiger partial charge in [-0.1, -0.05) is 0 Å². The van der Waals surface area contributed by atoms with Gasteiger partial charge in [-0.05, 0) is 24.1 Å². The number of carbonyl (C=O) groups excluding carboxylic acids is 1. The van der Waals surface area contributed by atoms with Gasteiger partial charge >= 0.3 is 0 Å². The van der Waals surface area contributed by atoms with E-state index >= 15 is 0 Å². The van der Waals surface area contributed by atoms with Crippen LogP contribution in [0, 0.1) is 0 Å². The highest BCUT2D eigenvalue weighted by atomic mass is 32.1. The Kier molecular flexibility index (Phi) is 3.61. The van der Waals surface area contributed by atoms with E-state index in [4.69, 9.17) is 0 Å². The molecular formula is C11H11N3OS. The third-order valence-corrected chi connectivity index (χ3v) is 2.70. The van der Waals surface area contributed by atoms with Gasteiger partial charge in [-0.25, -0.2) is 4.98 Å². The number of hydrogen-bond acceptors (Lipinski definition) is 4. The monoisotopic (exact) mass is 233 g/mol. The molecule has 0 aliphatic carbocycles. The van der Waals surface area contributed by atoms with Gasteiger partial charge in [-0.15, -0.1) is 11.3 Å². The molecular weight excluding hydrogens is 222 g/mol. The van der Waals surface area contributed by atoms with Gasteiger partial charge in [0.2, 0.25) is 0 Å². The van der Waals surface area contributed by atoms with Crippen molar-refractivity contribution in [1.82, 2.24) is 15.3 Å². The van der Waals surface area contributed by atoms with Crippen LogP contribution in [0.2, 0.25) is 0 Å². The molecule has 1 amide bonds. The lowest BCUT2D eigenvalue weighted by Crippen LogP contribution is -2.25. The number of pyridine rings is 1. The number of nitrogens with one attached hydrogen (secondary N) is 1. The fraction of sp³-hybridized carbons (Fsp3) is 0.182. The summed E-state index contributed by atoms with van der Waals surface area (Å²) in [6, 6.07) is 3.88. The third kappa shape index (κ3) is 2.87. The van der Waals surface area contributed by atoms with E-state index in [1.807, 2.05) is 12.1 Å². The van der Waals surface area contributed by atoms with Gasteiger partial charge in [0.1, 0.15) is 5.69 Å². The number of rotatable bonds is 4. The number of thiazole rings is 1. The SMILES string of the molecule is O=C(NCCc1ccncc1)c1cscn1. The van der Waals surface area contributed by atoms with Gasteiger partial charge in [-0.3, -0.25) is 9.78 Å². The number of amides is 1. The fourth-order valence-corrected chi connectivity index (χ4v) is 1.82. The molecule has 0 atom stereocenters. The van der Waals surface area contributed by atoms with Crippen molar-refractivity contribution < 1.29 is 4.79 Å². The van der Waals surface area contributed by atoms with Crippen LogP contribution in [0.1, 0.15) is 16.1 Å². The van der Waals surface area contributed by atoms with E-state index in [0.717, 1.165) is 12.0 Å². The predicted molar refractivity (Wildman–Crippen MR) is 62.4 cm³/mol. The van der Waals surface area contributed by atoms with Crippen LogP contribution >= 0.6 is 11.3 Å². The van der Waals surface area contributed by atoms with Crippen LogP contribution in [0.3, 0.4) is 0 Å². The summed E-state index contributed by atoms with van der Waals surface area (Å²) >= 11 is 1.42. The molecule has 16 heavy (non-hydrogen) atoms. The average Bonchev–Trinajstić information content (AvgIpc) is 2.84. The number of carbonyl (C=O) groups is 1. The highest BCUT2D eigenvalue weighted by Crippen LogP contribution is 2.01. The summed E-state index contributed by atoms with van der Waals surface area (Å²) in [5.41, 5.74) is 3.30. The van der Waals surface area contributed by atoms with Crippen LogP contribution in [0.5, 0.6) is 0 Å². The minimum Gasteiger partial charge on any atom is -0.350 e. The van der Waals surface area contributed by atoms with Crippen molar-refractivity contribution in [3.05, 3.63) is 46.7 Å². The number of aromatic nitrogens is 2. The minimum absolute atomic E-state index is 0.115. The Hall–Kier alpha value is -1.75. The number of hydrogen-bond donors (Lipinski definition) is 1. The molecule has 2 aromatic rings. The van der Waals surface area contributed by atoms with Crippen molar-refractivity contribution >= 4 is 17.2 Å². The van der Waals surface area contributed by atoms with Crippen molar-refractivity contribution in [2.45, 2.75) is 6.42 Å². The molecule has 0 saturated carbocycles. The molecule has 2 rings (SSSR count). The van der Waals surface area contributed by atoms with E-state index in [1.54, 1.807) is 23.3 Å². The second-order valence-corrected chi connectivity index (χ2v) is 3.95. The summed E-state index contributed by atoms with van der Waals surface area (Å²) in [6.07, 6.45) is 4.30. The van der Waals surface area contributed by atoms with Crippen LogP contribution in [-0.4, -0.2) is 22.4 Å². The zero-order valence-corrected chi connectivity index (χ0v) is 9.41. The maximum Gasteiger partial charge on any atom is 0.270 e. The van der Waals surface area contributed by atoms with E-state index in [0.29, 0.717) is 12.2 Å². The standard InChI is InChI=1S/C11H11N3OS/c15-11(10-7-16-8-14-10)13-6-3-9-1-4-12-5-2-9/h1-2,4-5,7-8H,3,6H2,(H,13,15). The molecule has 82 valence electrons. The first-order valence-corrected chi connectivity index (χ1v) is 5.86. The summed E-state index contributed by atoms with van der Waals surface area (Å²) in [7, 11) is 0. The second kappa shape index (κ2) is 5.37. The topological polar surface area (TPSA) is 54.9 Å². The van der Waals surface area contributed by atoms with Crippen LogP contribution in [0.25, 0.3) is 0 Å². The molecule has 0 aromatic carbocycles. The smallest absolute Gasteiger partial charge is 0.270 e. The van der Waals surface area contributed by atoms with Gasteiger partial charge in [0.05, 0.1) is 5.51 Å². The molecule has 4 nitrogen and oxygen atoms in total. The fourth-order valence-electron chi connectivity index (χ4n) is 1.29. The lowest BCUT2D eigenvalue weighted by atomic mass is 10.2. The Bertz CT molecular complexity index is 442. The molecule has 0 aliphatic heterocycles. The molecule has 0 fully saturated rings. The molecule has 1 N–H and O–H groups in total. The molecule has 0 unspecified atom stereocenters. The maximum atomic E-state index is 11.5. The normalized spacial score (nSPS) is 10.0. The van der Waals surface area contributed by atoms with Gasteiger partial charge in [0.25, 0.3) is 5.91 Å². The summed E-state index contributed by atoms with van der Waals surface area (Å²) in [5, 5.41) is 4.56. The highest BCUT2D eigenvalue weighted by molar-refractivity contribution is 7.07. The number of nitrogens with zero attached hydrogens (tertiary/aromatic N) is 2. The van der Waals surface area contributed by atoms with Crippen molar-refractivity contribution in [3.63, 3.8) is 0 Å². The molecule has 0 spiro atoms. The van der Waals surface area contributed by atoms with Crippen LogP contribution < -0.4 is 5.32 Å². The van der Waals surface area contributed by atoms with Gasteiger partial charge in [0, 0.05) is 24.3 Å². The summed E-state index contributed by atoms with van der Waals surface area (Å²) in [5.74, 6) is -0.115. The first-order valence-electron chi connectivity index (χ1n) is 4.91. The third-order valence-electron chi connectivity index (χ3n) is 2.11. The molecule has 0 saturated heterocycles. The van der Waals surface area contributed by atoms with Crippen molar-refractivity contribution in [1.29, 1.82) is 0 Å². The molecule has 0 radical (unpaired) electrons. The van der Waals surface area contributed by atoms with Gasteiger partial charge in [0.15, 0.2) is 0 Å². The zero-order valence-electron chi connectivity index (χ0n) is 8.59. The summed E-state index contributed by atoms with van der Waals surface area (Å²) < 4.78 is 0. The molecule has 0 aliphatic rings. The molecule has 0 bridgehead atoms. The Balaban J connectivity index is 1.79. The maximum absolute atomic E-state index is 11.5. The van der Waals surface area contributed by atoms with Crippen LogP contribution in [-0.2, 0) is 6.42 Å². The largest absolute Gasteiger partial charge is 0.350 e. The first-order chi connectivity index (χ1) is 7.86. The first kappa shape index (κ1) is 10.8. The minimum atomic E-state index is -0.115. The van der Waals surface area contributed by atoms with Crippen LogP contribution in [0.4, 0.5) is 0 Å². The second-order valence-electron chi connectivity index (χ2n) is 3.24. The molecule has 2 aromatic heterocycles. The van der Waals surface area contributed by atoms with E-state index < -0.39 is 0 Å². The van der Waals surface area contributed by atoms with Gasteiger partial charge in [-0.2, -0.15) is 0 Å². The lowest BCUT2D eigenvalue weighted by molar-refractivity contribution is 0.0950. The Morgan fingerprint density at radius 2 is 2.19 bits per heavy atom. The van der Waals surface area contributed by atoms with Crippen LogP contribution in [0.15, 0.2) is 35.4 Å². The molecule has 2 heterocycles. The van der Waals surface area contributed by atoms with E-state index in [2.05, 4.69) is 15.3 Å². The zero-order chi connectivity index (χ0) is 11.2.